The van der Waals surface area contributed by atoms with Crippen LogP contribution in [0.4, 0.5) is 17.1 Å². The van der Waals surface area contributed by atoms with Gasteiger partial charge >= 0.3 is 0 Å². The second-order valence-electron chi connectivity index (χ2n) is 14.1. The molecule has 0 aromatic heterocycles. The van der Waals surface area contributed by atoms with Crippen molar-refractivity contribution >= 4 is 28.2 Å². The first-order valence-corrected chi connectivity index (χ1v) is 18.4. The van der Waals surface area contributed by atoms with Gasteiger partial charge in [0.15, 0.2) is 0 Å². The summed E-state index contributed by atoms with van der Waals surface area (Å²) in [6.07, 6.45) is 12.7. The maximum absolute atomic E-state index is 3.80. The molecule has 3 unspecified atom stereocenters. The van der Waals surface area contributed by atoms with Crippen LogP contribution in [0, 0.1) is 11.8 Å². The Labute approximate surface area is 308 Å². The molecule has 2 nitrogen and oxygen atoms in total. The average molecular weight is 673 g/mol. The highest BCUT2D eigenvalue weighted by Crippen LogP contribution is 2.44. The zero-order valence-corrected chi connectivity index (χ0v) is 29.8. The lowest BCUT2D eigenvalue weighted by Crippen LogP contribution is -2.21. The van der Waals surface area contributed by atoms with Crippen molar-refractivity contribution in [1.82, 2.24) is 0 Å². The third kappa shape index (κ3) is 7.20. The summed E-state index contributed by atoms with van der Waals surface area (Å²) < 4.78 is 0. The fourth-order valence-corrected chi connectivity index (χ4v) is 7.71. The molecular weight excluding hydrogens is 629 g/mol. The summed E-state index contributed by atoms with van der Waals surface area (Å²) in [5.74, 6) is 0.910. The molecule has 0 heterocycles. The SMILES string of the molecule is CC1C=C(c2cc(-c3cccc(C4C(Nc5ccccc5)=CC=C(c5ccccc5)C4C)c3)ccc2Nc2cccc(-c3ccccc3)c2)C=CC1. The molecule has 0 radical (unpaired) electrons. The van der Waals surface area contributed by atoms with Crippen molar-refractivity contribution in [2.75, 3.05) is 10.6 Å². The largest absolute Gasteiger partial charge is 0.358 e. The van der Waals surface area contributed by atoms with Crippen molar-refractivity contribution in [1.29, 1.82) is 0 Å². The van der Waals surface area contributed by atoms with Gasteiger partial charge in [-0.15, -0.1) is 0 Å². The molecule has 2 N–H and O–H groups in total. The zero-order chi connectivity index (χ0) is 35.3. The van der Waals surface area contributed by atoms with Gasteiger partial charge in [-0.1, -0.05) is 159 Å². The standard InChI is InChI=1S/C50H44N2/c1-35-15-12-22-42(31-35)47-34-41(27-29-48(47)52-45-26-14-21-40(33-45)37-16-6-3-7-17-37)39-20-13-23-43(32-39)50-36(2)46(38-18-8-4-9-19-38)28-30-49(50)51-44-24-10-5-11-25-44/h3-14,16-36,50-52H,15H2,1-2H3. The van der Waals surface area contributed by atoms with Crippen molar-refractivity contribution < 1.29 is 0 Å². The van der Waals surface area contributed by atoms with Crippen LogP contribution in [0.3, 0.4) is 0 Å². The van der Waals surface area contributed by atoms with E-state index in [4.69, 9.17) is 0 Å². The summed E-state index contributed by atoms with van der Waals surface area (Å²) in [5.41, 5.74) is 15.7. The van der Waals surface area contributed by atoms with Gasteiger partial charge in [0.05, 0.1) is 0 Å². The Bertz CT molecular complexity index is 2290. The first kappa shape index (κ1) is 33.0. The molecule has 8 rings (SSSR count). The molecule has 52 heavy (non-hydrogen) atoms. The van der Waals surface area contributed by atoms with Gasteiger partial charge in [0.2, 0.25) is 0 Å². The van der Waals surface area contributed by atoms with Gasteiger partial charge in [-0.05, 0) is 105 Å². The average Bonchev–Trinajstić information content (AvgIpc) is 3.19. The maximum Gasteiger partial charge on any atom is 0.0464 e. The van der Waals surface area contributed by atoms with Crippen molar-refractivity contribution in [3.05, 3.63) is 210 Å². The summed E-state index contributed by atoms with van der Waals surface area (Å²) in [6.45, 7) is 4.66. The Morgan fingerprint density at radius 3 is 1.90 bits per heavy atom. The van der Waals surface area contributed by atoms with Crippen LogP contribution < -0.4 is 10.6 Å². The van der Waals surface area contributed by atoms with E-state index >= 15 is 0 Å². The number of allylic oxidation sites excluding steroid dienone is 8. The van der Waals surface area contributed by atoms with Crippen LogP contribution in [0.25, 0.3) is 33.4 Å². The molecule has 6 aromatic rings. The Morgan fingerprint density at radius 2 is 1.15 bits per heavy atom. The van der Waals surface area contributed by atoms with E-state index in [1.165, 1.54) is 55.8 Å². The summed E-state index contributed by atoms with van der Waals surface area (Å²) in [7, 11) is 0. The van der Waals surface area contributed by atoms with Crippen molar-refractivity contribution in [2.45, 2.75) is 26.2 Å². The minimum Gasteiger partial charge on any atom is -0.358 e. The van der Waals surface area contributed by atoms with E-state index in [9.17, 15) is 0 Å². The quantitative estimate of drug-likeness (QED) is 0.160. The molecule has 0 fully saturated rings. The number of hydrogen-bond acceptors (Lipinski definition) is 2. The molecule has 0 aliphatic heterocycles. The molecular formula is C50H44N2. The van der Waals surface area contributed by atoms with Crippen LogP contribution in [0.5, 0.6) is 0 Å². The van der Waals surface area contributed by atoms with Crippen molar-refractivity contribution in [3.63, 3.8) is 0 Å². The zero-order valence-electron chi connectivity index (χ0n) is 29.8. The minimum absolute atomic E-state index is 0.155. The van der Waals surface area contributed by atoms with Gasteiger partial charge in [0.25, 0.3) is 0 Å². The van der Waals surface area contributed by atoms with Crippen LogP contribution in [-0.2, 0) is 0 Å². The van der Waals surface area contributed by atoms with E-state index in [1.807, 2.05) is 0 Å². The molecule has 0 saturated carbocycles. The number of anilines is 3. The van der Waals surface area contributed by atoms with Crippen LogP contribution in [0.15, 0.2) is 194 Å². The van der Waals surface area contributed by atoms with Crippen molar-refractivity contribution in [2.24, 2.45) is 11.8 Å². The predicted octanol–water partition coefficient (Wildman–Crippen LogP) is 13.6. The second-order valence-corrected chi connectivity index (χ2v) is 14.1. The van der Waals surface area contributed by atoms with Gasteiger partial charge in [-0.25, -0.2) is 0 Å². The molecule has 6 aromatic carbocycles. The lowest BCUT2D eigenvalue weighted by Gasteiger charge is -2.33. The van der Waals surface area contributed by atoms with Crippen LogP contribution in [0.2, 0.25) is 0 Å². The Morgan fingerprint density at radius 1 is 0.519 bits per heavy atom. The Hall–Kier alpha value is -6.12. The number of benzene rings is 6. The smallest absolute Gasteiger partial charge is 0.0464 e. The highest BCUT2D eigenvalue weighted by atomic mass is 14.9. The van der Waals surface area contributed by atoms with Crippen LogP contribution in [-0.4, -0.2) is 0 Å². The molecule has 3 atom stereocenters. The Balaban J connectivity index is 1.16. The topological polar surface area (TPSA) is 24.1 Å². The molecule has 2 aliphatic carbocycles. The summed E-state index contributed by atoms with van der Waals surface area (Å²) >= 11 is 0. The molecule has 2 heteroatoms. The van der Waals surface area contributed by atoms with Gasteiger partial charge in [0, 0.05) is 34.2 Å². The van der Waals surface area contributed by atoms with Gasteiger partial charge in [-0.3, -0.25) is 0 Å². The number of nitrogens with one attached hydrogen (secondary N) is 2. The van der Waals surface area contributed by atoms with E-state index in [0.29, 0.717) is 5.92 Å². The fraction of sp³-hybridized carbons (Fsp3) is 0.120. The molecule has 2 aliphatic rings. The highest BCUT2D eigenvalue weighted by Gasteiger charge is 2.30. The number of hydrogen-bond donors (Lipinski definition) is 2. The van der Waals surface area contributed by atoms with E-state index in [1.54, 1.807) is 0 Å². The van der Waals surface area contributed by atoms with Gasteiger partial charge < -0.3 is 10.6 Å². The maximum atomic E-state index is 3.80. The van der Waals surface area contributed by atoms with Crippen molar-refractivity contribution in [3.8, 4) is 22.3 Å². The Kier molecular flexibility index (Phi) is 9.54. The predicted molar refractivity (Wildman–Crippen MR) is 222 cm³/mol. The van der Waals surface area contributed by atoms with E-state index in [-0.39, 0.29) is 11.8 Å². The first-order valence-electron chi connectivity index (χ1n) is 18.4. The number of para-hydroxylation sites is 1. The lowest BCUT2D eigenvalue weighted by molar-refractivity contribution is 0.625. The van der Waals surface area contributed by atoms with Crippen LogP contribution >= 0.6 is 0 Å². The third-order valence-corrected chi connectivity index (χ3v) is 10.4. The van der Waals surface area contributed by atoms with E-state index in [0.717, 1.165) is 23.5 Å². The second kappa shape index (κ2) is 15.0. The highest BCUT2D eigenvalue weighted by molar-refractivity contribution is 5.88. The molecule has 0 bridgehead atoms. The first-order chi connectivity index (χ1) is 25.6. The van der Waals surface area contributed by atoms with Gasteiger partial charge in [-0.2, -0.15) is 0 Å². The minimum atomic E-state index is 0.155. The summed E-state index contributed by atoms with van der Waals surface area (Å²) in [6, 6.07) is 56.7. The van der Waals surface area contributed by atoms with Crippen LogP contribution in [0.1, 0.15) is 42.9 Å². The summed E-state index contributed by atoms with van der Waals surface area (Å²) in [4.78, 5) is 0. The molecule has 254 valence electrons. The van der Waals surface area contributed by atoms with E-state index < -0.39 is 0 Å². The van der Waals surface area contributed by atoms with E-state index in [2.05, 4.69) is 213 Å². The number of rotatable bonds is 9. The summed E-state index contributed by atoms with van der Waals surface area (Å²) in [5, 5.41) is 7.58. The lowest BCUT2D eigenvalue weighted by atomic mass is 9.74. The molecule has 0 amide bonds. The monoisotopic (exact) mass is 672 g/mol. The van der Waals surface area contributed by atoms with Gasteiger partial charge in [0.1, 0.15) is 0 Å². The molecule has 0 spiro atoms. The normalized spacial score (nSPS) is 18.2. The fourth-order valence-electron chi connectivity index (χ4n) is 7.71. The third-order valence-electron chi connectivity index (χ3n) is 10.4. The molecule has 0 saturated heterocycles.